The Labute approximate surface area is 160 Å². The molecular weight excluding hydrogens is 344 g/mol. The Hall–Kier alpha value is -2.37. The highest BCUT2D eigenvalue weighted by Crippen LogP contribution is 2.30. The van der Waals surface area contributed by atoms with Gasteiger partial charge in [0.2, 0.25) is 11.8 Å². The molecule has 0 saturated carbocycles. The van der Waals surface area contributed by atoms with Crippen LogP contribution >= 0.6 is 0 Å². The molecular formula is C21H28N2O4. The van der Waals surface area contributed by atoms with Crippen molar-refractivity contribution in [1.29, 1.82) is 0 Å². The summed E-state index contributed by atoms with van der Waals surface area (Å²) in [6.07, 6.45) is 3.39. The highest BCUT2D eigenvalue weighted by atomic mass is 16.5. The normalized spacial score (nSPS) is 22.9. The average molecular weight is 372 g/mol. The van der Waals surface area contributed by atoms with Gasteiger partial charge >= 0.3 is 5.97 Å². The third-order valence-corrected chi connectivity index (χ3v) is 5.85. The fourth-order valence-electron chi connectivity index (χ4n) is 4.04. The predicted molar refractivity (Wildman–Crippen MR) is 102 cm³/mol. The molecule has 0 N–H and O–H groups in total. The smallest absolute Gasteiger partial charge is 0.307 e. The summed E-state index contributed by atoms with van der Waals surface area (Å²) in [6.45, 7) is 5.21. The summed E-state index contributed by atoms with van der Waals surface area (Å²) in [4.78, 5) is 41.2. The maximum absolute atomic E-state index is 13.1. The summed E-state index contributed by atoms with van der Waals surface area (Å²) in [5, 5.41) is 0. The molecule has 2 aliphatic rings. The van der Waals surface area contributed by atoms with E-state index in [9.17, 15) is 14.4 Å². The number of hydrogen-bond donors (Lipinski definition) is 0. The van der Waals surface area contributed by atoms with E-state index in [0.29, 0.717) is 19.5 Å². The van der Waals surface area contributed by atoms with Crippen molar-refractivity contribution in [3.05, 3.63) is 29.3 Å². The van der Waals surface area contributed by atoms with Gasteiger partial charge in [0.05, 0.1) is 13.5 Å². The molecule has 2 saturated heterocycles. The molecule has 0 unspecified atom stereocenters. The van der Waals surface area contributed by atoms with E-state index in [4.69, 9.17) is 4.74 Å². The number of amides is 2. The fraction of sp³-hybridized carbons (Fsp3) is 0.571. The maximum atomic E-state index is 13.1. The topological polar surface area (TPSA) is 66.9 Å². The standard InChI is InChI=1S/C21H28N2O4/c1-14-7-8-17(12-15(14)2)23-11-9-18(21(23)26)20(25)22-10-5-4-6-16(22)13-19(24)27-3/h7-8,12,16,18H,4-6,9-11,13H2,1-3H3/t16-,18+/m0/s1. The van der Waals surface area contributed by atoms with E-state index < -0.39 is 5.92 Å². The van der Waals surface area contributed by atoms with Gasteiger partial charge in [0.1, 0.15) is 5.92 Å². The molecule has 146 valence electrons. The summed E-state index contributed by atoms with van der Waals surface area (Å²) >= 11 is 0. The molecule has 1 aromatic rings. The molecule has 3 rings (SSSR count). The number of aryl methyl sites for hydroxylation is 2. The minimum atomic E-state index is -0.648. The van der Waals surface area contributed by atoms with E-state index in [0.717, 1.165) is 30.5 Å². The number of anilines is 1. The van der Waals surface area contributed by atoms with Crippen molar-refractivity contribution in [1.82, 2.24) is 4.90 Å². The molecule has 0 radical (unpaired) electrons. The van der Waals surface area contributed by atoms with E-state index >= 15 is 0 Å². The van der Waals surface area contributed by atoms with Gasteiger partial charge in [0, 0.05) is 24.8 Å². The number of likely N-dealkylation sites (tertiary alicyclic amines) is 1. The van der Waals surface area contributed by atoms with Crippen LogP contribution in [0, 0.1) is 19.8 Å². The lowest BCUT2D eigenvalue weighted by Gasteiger charge is -2.36. The average Bonchev–Trinajstić information content (AvgIpc) is 3.05. The van der Waals surface area contributed by atoms with Gasteiger partial charge in [-0.05, 0) is 62.8 Å². The Balaban J connectivity index is 1.73. The van der Waals surface area contributed by atoms with Crippen molar-refractivity contribution in [2.24, 2.45) is 5.92 Å². The molecule has 2 aliphatic heterocycles. The Morgan fingerprint density at radius 2 is 1.89 bits per heavy atom. The molecule has 0 spiro atoms. The van der Waals surface area contributed by atoms with Crippen molar-refractivity contribution >= 4 is 23.5 Å². The molecule has 6 nitrogen and oxygen atoms in total. The molecule has 2 fully saturated rings. The SMILES string of the molecule is COC(=O)C[C@@H]1CCCCN1C(=O)[C@H]1CCN(c2ccc(C)c(C)c2)C1=O. The van der Waals surface area contributed by atoms with Crippen molar-refractivity contribution in [2.45, 2.75) is 52.0 Å². The van der Waals surface area contributed by atoms with Crippen LogP contribution in [-0.4, -0.2) is 48.9 Å². The van der Waals surface area contributed by atoms with Crippen molar-refractivity contribution in [2.75, 3.05) is 25.1 Å². The lowest BCUT2D eigenvalue weighted by atomic mass is 9.96. The number of rotatable bonds is 4. The van der Waals surface area contributed by atoms with Crippen LogP contribution in [-0.2, 0) is 19.1 Å². The Morgan fingerprint density at radius 3 is 2.59 bits per heavy atom. The highest BCUT2D eigenvalue weighted by Gasteiger charge is 2.42. The monoisotopic (exact) mass is 372 g/mol. The minimum absolute atomic E-state index is 0.134. The molecule has 2 amide bonds. The molecule has 2 heterocycles. The van der Waals surface area contributed by atoms with Crippen LogP contribution in [0.25, 0.3) is 0 Å². The zero-order valence-corrected chi connectivity index (χ0v) is 16.4. The lowest BCUT2D eigenvalue weighted by molar-refractivity contribution is -0.147. The largest absolute Gasteiger partial charge is 0.469 e. The number of nitrogens with zero attached hydrogens (tertiary/aromatic N) is 2. The van der Waals surface area contributed by atoms with Gasteiger partial charge in [-0.25, -0.2) is 0 Å². The van der Waals surface area contributed by atoms with Gasteiger partial charge in [0.25, 0.3) is 0 Å². The molecule has 0 aromatic heterocycles. The maximum Gasteiger partial charge on any atom is 0.307 e. The van der Waals surface area contributed by atoms with E-state index in [1.165, 1.54) is 12.7 Å². The van der Waals surface area contributed by atoms with Gasteiger partial charge in [-0.1, -0.05) is 6.07 Å². The number of ether oxygens (including phenoxy) is 1. The Kier molecular flexibility index (Phi) is 5.82. The summed E-state index contributed by atoms with van der Waals surface area (Å²) in [6, 6.07) is 5.78. The number of esters is 1. The van der Waals surface area contributed by atoms with Gasteiger partial charge < -0.3 is 14.5 Å². The van der Waals surface area contributed by atoms with Crippen molar-refractivity contribution < 1.29 is 19.1 Å². The van der Waals surface area contributed by atoms with Crippen molar-refractivity contribution in [3.63, 3.8) is 0 Å². The van der Waals surface area contributed by atoms with Gasteiger partial charge in [-0.3, -0.25) is 14.4 Å². The fourth-order valence-corrected chi connectivity index (χ4v) is 4.04. The molecule has 6 heteroatoms. The molecule has 0 aliphatic carbocycles. The van der Waals surface area contributed by atoms with Crippen LogP contribution in [0.3, 0.4) is 0 Å². The first kappa shape index (κ1) is 19.4. The van der Waals surface area contributed by atoms with E-state index in [1.54, 1.807) is 9.80 Å². The summed E-state index contributed by atoms with van der Waals surface area (Å²) in [7, 11) is 1.36. The number of methoxy groups -OCH3 is 1. The second kappa shape index (κ2) is 8.11. The van der Waals surface area contributed by atoms with Crippen LogP contribution < -0.4 is 4.90 Å². The number of benzene rings is 1. The van der Waals surface area contributed by atoms with Gasteiger partial charge in [-0.15, -0.1) is 0 Å². The minimum Gasteiger partial charge on any atom is -0.469 e. The van der Waals surface area contributed by atoms with E-state index in [1.807, 2.05) is 32.0 Å². The zero-order valence-electron chi connectivity index (χ0n) is 16.4. The second-order valence-corrected chi connectivity index (χ2v) is 7.56. The second-order valence-electron chi connectivity index (χ2n) is 7.56. The summed E-state index contributed by atoms with van der Waals surface area (Å²) < 4.78 is 4.77. The highest BCUT2D eigenvalue weighted by molar-refractivity contribution is 6.09. The number of piperidine rings is 1. The van der Waals surface area contributed by atoms with E-state index in [-0.39, 0.29) is 30.2 Å². The lowest BCUT2D eigenvalue weighted by Crippen LogP contribution is -2.48. The van der Waals surface area contributed by atoms with Crippen molar-refractivity contribution in [3.8, 4) is 0 Å². The molecule has 1 aromatic carbocycles. The first-order valence-electron chi connectivity index (χ1n) is 9.68. The summed E-state index contributed by atoms with van der Waals surface area (Å²) in [5.74, 6) is -1.23. The first-order chi connectivity index (χ1) is 12.9. The zero-order chi connectivity index (χ0) is 19.6. The molecule has 27 heavy (non-hydrogen) atoms. The Bertz CT molecular complexity index is 746. The number of carbonyl (C=O) groups excluding carboxylic acids is 3. The predicted octanol–water partition coefficient (Wildman–Crippen LogP) is 2.60. The summed E-state index contributed by atoms with van der Waals surface area (Å²) in [5.41, 5.74) is 3.16. The van der Waals surface area contributed by atoms with Crippen LogP contribution in [0.2, 0.25) is 0 Å². The molecule has 2 atom stereocenters. The molecule has 0 bridgehead atoms. The van der Waals surface area contributed by atoms with Gasteiger partial charge in [0.15, 0.2) is 0 Å². The van der Waals surface area contributed by atoms with E-state index in [2.05, 4.69) is 0 Å². The van der Waals surface area contributed by atoms with Crippen LogP contribution in [0.5, 0.6) is 0 Å². The van der Waals surface area contributed by atoms with Gasteiger partial charge in [-0.2, -0.15) is 0 Å². The number of hydrogen-bond acceptors (Lipinski definition) is 4. The Morgan fingerprint density at radius 1 is 1.11 bits per heavy atom. The van der Waals surface area contributed by atoms with Crippen LogP contribution in [0.4, 0.5) is 5.69 Å². The number of carbonyl (C=O) groups is 3. The van der Waals surface area contributed by atoms with Crippen LogP contribution in [0.15, 0.2) is 18.2 Å². The third-order valence-electron chi connectivity index (χ3n) is 5.85. The van der Waals surface area contributed by atoms with Crippen LogP contribution in [0.1, 0.15) is 43.2 Å². The first-order valence-corrected chi connectivity index (χ1v) is 9.68. The third kappa shape index (κ3) is 3.99. The quantitative estimate of drug-likeness (QED) is 0.602.